The topological polar surface area (TPSA) is 81.1 Å². The van der Waals surface area contributed by atoms with Crippen LogP contribution in [0, 0.1) is 6.92 Å². The lowest BCUT2D eigenvalue weighted by molar-refractivity contribution is 0.414. The number of hydrogen-bond donors (Lipinski definition) is 2. The van der Waals surface area contributed by atoms with Crippen LogP contribution in [0.5, 0.6) is 5.75 Å². The van der Waals surface area contributed by atoms with Gasteiger partial charge in [-0.25, -0.2) is 4.98 Å². The third-order valence-corrected chi connectivity index (χ3v) is 5.53. The summed E-state index contributed by atoms with van der Waals surface area (Å²) in [6.07, 6.45) is 4.02. The van der Waals surface area contributed by atoms with Crippen molar-refractivity contribution in [3.8, 4) is 5.75 Å². The lowest BCUT2D eigenvalue weighted by Gasteiger charge is -2.14. The third kappa shape index (κ3) is 4.27. The summed E-state index contributed by atoms with van der Waals surface area (Å²) >= 11 is 0. The van der Waals surface area contributed by atoms with Crippen molar-refractivity contribution >= 4 is 28.4 Å². The molecule has 2 heterocycles. The molecule has 0 aliphatic heterocycles. The van der Waals surface area contributed by atoms with Gasteiger partial charge in [-0.1, -0.05) is 24.3 Å². The quantitative estimate of drug-likeness (QED) is 0.453. The van der Waals surface area contributed by atoms with E-state index in [9.17, 15) is 4.79 Å². The van der Waals surface area contributed by atoms with E-state index in [2.05, 4.69) is 20.6 Å². The van der Waals surface area contributed by atoms with Crippen LogP contribution in [0.3, 0.4) is 0 Å². The Kier molecular flexibility index (Phi) is 5.23. The molecule has 2 N–H and O–H groups in total. The number of nitrogens with zero attached hydrogens (tertiary/aromatic N) is 3. The zero-order valence-electron chi connectivity index (χ0n) is 18.1. The summed E-state index contributed by atoms with van der Waals surface area (Å²) in [6.45, 7) is 2.48. The molecule has 2 aromatic carbocycles. The Morgan fingerprint density at radius 3 is 2.62 bits per heavy atom. The fourth-order valence-electron chi connectivity index (χ4n) is 3.66. The van der Waals surface area contributed by atoms with Crippen molar-refractivity contribution in [3.63, 3.8) is 0 Å². The molecular formula is C25H25N5O2. The zero-order chi connectivity index (χ0) is 22.1. The highest BCUT2D eigenvalue weighted by atomic mass is 16.5. The minimum absolute atomic E-state index is 0.133. The molecular weight excluding hydrogens is 402 g/mol. The minimum Gasteiger partial charge on any atom is -0.497 e. The molecule has 7 nitrogen and oxygen atoms in total. The Bertz CT molecular complexity index is 1330. The number of anilines is 3. The predicted molar refractivity (Wildman–Crippen MR) is 127 cm³/mol. The van der Waals surface area contributed by atoms with E-state index in [0.29, 0.717) is 35.3 Å². The molecule has 5 rings (SSSR count). The van der Waals surface area contributed by atoms with E-state index in [1.165, 1.54) is 0 Å². The molecule has 32 heavy (non-hydrogen) atoms. The number of benzene rings is 2. The van der Waals surface area contributed by atoms with Crippen LogP contribution in [0.25, 0.3) is 10.9 Å². The molecule has 0 unspecified atom stereocenters. The summed E-state index contributed by atoms with van der Waals surface area (Å²) in [4.78, 5) is 22.8. The van der Waals surface area contributed by atoms with Crippen molar-refractivity contribution in [2.45, 2.75) is 32.4 Å². The van der Waals surface area contributed by atoms with Crippen molar-refractivity contribution in [1.82, 2.24) is 14.5 Å². The van der Waals surface area contributed by atoms with Gasteiger partial charge in [0, 0.05) is 17.9 Å². The van der Waals surface area contributed by atoms with Crippen LogP contribution in [0.1, 0.15) is 24.0 Å². The molecule has 162 valence electrons. The Balaban J connectivity index is 1.57. The highest BCUT2D eigenvalue weighted by Gasteiger charge is 2.23. The monoisotopic (exact) mass is 427 g/mol. The van der Waals surface area contributed by atoms with E-state index in [1.54, 1.807) is 17.9 Å². The lowest BCUT2D eigenvalue weighted by atomic mass is 10.2. The molecule has 0 spiro atoms. The number of aryl methyl sites for hydroxylation is 1. The Hall–Kier alpha value is -3.87. The van der Waals surface area contributed by atoms with Crippen LogP contribution in [-0.2, 0) is 6.54 Å². The smallest absolute Gasteiger partial charge is 0.264 e. The van der Waals surface area contributed by atoms with Gasteiger partial charge in [0.15, 0.2) is 0 Å². The van der Waals surface area contributed by atoms with Crippen LogP contribution >= 0.6 is 0 Å². The van der Waals surface area contributed by atoms with Crippen LogP contribution in [0.15, 0.2) is 65.6 Å². The van der Waals surface area contributed by atoms with Gasteiger partial charge in [0.05, 0.1) is 19.2 Å². The summed E-state index contributed by atoms with van der Waals surface area (Å²) in [5.74, 6) is 1.84. The summed E-state index contributed by atoms with van der Waals surface area (Å²) in [7, 11) is 1.64. The van der Waals surface area contributed by atoms with Crippen molar-refractivity contribution in [2.24, 2.45) is 0 Å². The maximum atomic E-state index is 13.5. The molecule has 1 fully saturated rings. The largest absolute Gasteiger partial charge is 0.497 e. The van der Waals surface area contributed by atoms with E-state index in [1.807, 2.05) is 61.5 Å². The summed E-state index contributed by atoms with van der Waals surface area (Å²) in [6, 6.07) is 18.0. The zero-order valence-corrected chi connectivity index (χ0v) is 18.1. The van der Waals surface area contributed by atoms with E-state index < -0.39 is 0 Å². The summed E-state index contributed by atoms with van der Waals surface area (Å²) in [5, 5.41) is 7.17. The van der Waals surface area contributed by atoms with E-state index in [0.717, 1.165) is 35.4 Å². The highest BCUT2D eigenvalue weighted by molar-refractivity contribution is 5.91. The standard InChI is InChI=1S/C25H25N5O2/c1-16-4-3-5-19(14-16)26-23-22-21(28-25(29-23)27-18-8-9-18)12-13-30(24(22)31)15-17-6-10-20(32-2)11-7-17/h3-7,10-14,18H,8-9,15H2,1-2H3,(H2,26,27,28,29). The first kappa shape index (κ1) is 20.1. The van der Waals surface area contributed by atoms with Gasteiger partial charge in [-0.3, -0.25) is 4.79 Å². The average Bonchev–Trinajstić information content (AvgIpc) is 3.60. The van der Waals surface area contributed by atoms with E-state index in [-0.39, 0.29) is 5.56 Å². The van der Waals surface area contributed by atoms with E-state index >= 15 is 0 Å². The van der Waals surface area contributed by atoms with Gasteiger partial charge in [-0.15, -0.1) is 0 Å². The fraction of sp³-hybridized carbons (Fsp3) is 0.240. The molecule has 1 aliphatic rings. The SMILES string of the molecule is COc1ccc(Cn2ccc3nc(NC4CC4)nc(Nc4cccc(C)c4)c3c2=O)cc1. The molecule has 7 heteroatoms. The van der Waals surface area contributed by atoms with Crippen LogP contribution < -0.4 is 20.9 Å². The summed E-state index contributed by atoms with van der Waals surface area (Å²) in [5.41, 5.74) is 3.50. The molecule has 2 aromatic heterocycles. The number of ether oxygens (including phenoxy) is 1. The maximum Gasteiger partial charge on any atom is 0.264 e. The van der Waals surface area contributed by atoms with Gasteiger partial charge < -0.3 is 19.9 Å². The Morgan fingerprint density at radius 1 is 1.09 bits per heavy atom. The maximum absolute atomic E-state index is 13.5. The average molecular weight is 428 g/mol. The van der Waals surface area contributed by atoms with Gasteiger partial charge in [0.25, 0.3) is 5.56 Å². The Labute approximate surface area is 186 Å². The van der Waals surface area contributed by atoms with Gasteiger partial charge in [-0.05, 0) is 61.2 Å². The molecule has 0 atom stereocenters. The Morgan fingerprint density at radius 2 is 1.91 bits per heavy atom. The van der Waals surface area contributed by atoms with Crippen LogP contribution in [0.2, 0.25) is 0 Å². The molecule has 0 saturated heterocycles. The minimum atomic E-state index is -0.133. The molecule has 1 aliphatic carbocycles. The highest BCUT2D eigenvalue weighted by Crippen LogP contribution is 2.27. The number of fused-ring (bicyclic) bond motifs is 1. The number of hydrogen-bond acceptors (Lipinski definition) is 6. The van der Waals surface area contributed by atoms with Crippen molar-refractivity contribution < 1.29 is 4.74 Å². The second-order valence-electron chi connectivity index (χ2n) is 8.17. The molecule has 0 amide bonds. The van der Waals surface area contributed by atoms with Gasteiger partial charge in [-0.2, -0.15) is 4.98 Å². The number of nitrogens with one attached hydrogen (secondary N) is 2. The molecule has 0 radical (unpaired) electrons. The molecule has 4 aromatic rings. The second kappa shape index (κ2) is 8.34. The first-order valence-corrected chi connectivity index (χ1v) is 10.7. The summed E-state index contributed by atoms with van der Waals surface area (Å²) < 4.78 is 6.91. The van der Waals surface area contributed by atoms with Gasteiger partial charge in [0.2, 0.25) is 5.95 Å². The van der Waals surface area contributed by atoms with Crippen LogP contribution in [0.4, 0.5) is 17.5 Å². The first-order valence-electron chi connectivity index (χ1n) is 10.7. The van der Waals surface area contributed by atoms with Crippen molar-refractivity contribution in [3.05, 3.63) is 82.3 Å². The number of aromatic nitrogens is 3. The van der Waals surface area contributed by atoms with E-state index in [4.69, 9.17) is 4.74 Å². The molecule has 0 bridgehead atoms. The number of rotatable bonds is 7. The van der Waals surface area contributed by atoms with Crippen molar-refractivity contribution in [2.75, 3.05) is 17.7 Å². The normalized spacial score (nSPS) is 13.2. The number of methoxy groups -OCH3 is 1. The second-order valence-corrected chi connectivity index (χ2v) is 8.17. The number of pyridine rings is 1. The fourth-order valence-corrected chi connectivity index (χ4v) is 3.66. The first-order chi connectivity index (χ1) is 15.6. The molecule has 1 saturated carbocycles. The third-order valence-electron chi connectivity index (χ3n) is 5.53. The predicted octanol–water partition coefficient (Wildman–Crippen LogP) is 4.47. The van der Waals surface area contributed by atoms with Crippen molar-refractivity contribution in [1.29, 1.82) is 0 Å². The van der Waals surface area contributed by atoms with Gasteiger partial charge >= 0.3 is 0 Å². The van der Waals surface area contributed by atoms with Gasteiger partial charge in [0.1, 0.15) is 17.0 Å². The van der Waals surface area contributed by atoms with Crippen LogP contribution in [-0.4, -0.2) is 27.7 Å². The lowest BCUT2D eigenvalue weighted by Crippen LogP contribution is -2.22.